The zero-order chi connectivity index (χ0) is 22.2. The molecule has 0 aliphatic carbocycles. The number of aliphatic hydroxyl groups is 1. The molecule has 0 spiro atoms. The zero-order valence-corrected chi connectivity index (χ0v) is 18.7. The summed E-state index contributed by atoms with van der Waals surface area (Å²) >= 11 is 0. The number of amides is 1. The SMILES string of the molecule is CC(C)(COCC(O)CC(c1ccccc1)c1ccccc1)NC(=O)OC(C)(C)C. The van der Waals surface area contributed by atoms with Gasteiger partial charge < -0.3 is 19.9 Å². The molecular weight excluding hydrogens is 378 g/mol. The summed E-state index contributed by atoms with van der Waals surface area (Å²) in [7, 11) is 0. The van der Waals surface area contributed by atoms with Gasteiger partial charge >= 0.3 is 6.09 Å². The highest BCUT2D eigenvalue weighted by atomic mass is 16.6. The van der Waals surface area contributed by atoms with Gasteiger partial charge in [-0.1, -0.05) is 60.7 Å². The molecule has 2 rings (SSSR count). The molecular formula is C25H35NO4. The van der Waals surface area contributed by atoms with E-state index in [0.29, 0.717) is 6.42 Å². The van der Waals surface area contributed by atoms with E-state index in [-0.39, 0.29) is 19.1 Å². The van der Waals surface area contributed by atoms with E-state index in [2.05, 4.69) is 29.6 Å². The van der Waals surface area contributed by atoms with Crippen LogP contribution in [0.4, 0.5) is 4.79 Å². The van der Waals surface area contributed by atoms with Gasteiger partial charge in [-0.05, 0) is 52.2 Å². The lowest BCUT2D eigenvalue weighted by atomic mass is 9.87. The second-order valence-electron chi connectivity index (χ2n) is 9.29. The Morgan fingerprint density at radius 2 is 1.43 bits per heavy atom. The number of carbonyl (C=O) groups excluding carboxylic acids is 1. The molecule has 1 unspecified atom stereocenters. The molecule has 30 heavy (non-hydrogen) atoms. The highest BCUT2D eigenvalue weighted by molar-refractivity contribution is 5.68. The number of ether oxygens (including phenoxy) is 2. The second kappa shape index (κ2) is 10.6. The molecule has 2 aromatic rings. The van der Waals surface area contributed by atoms with Crippen molar-refractivity contribution in [2.75, 3.05) is 13.2 Å². The van der Waals surface area contributed by atoms with Gasteiger partial charge in [0.05, 0.1) is 24.9 Å². The van der Waals surface area contributed by atoms with Gasteiger partial charge in [0.25, 0.3) is 0 Å². The monoisotopic (exact) mass is 413 g/mol. The van der Waals surface area contributed by atoms with Crippen molar-refractivity contribution in [3.8, 4) is 0 Å². The third kappa shape index (κ3) is 8.56. The first-order valence-electron chi connectivity index (χ1n) is 10.4. The van der Waals surface area contributed by atoms with Gasteiger partial charge in [0.1, 0.15) is 5.60 Å². The number of aliphatic hydroxyl groups excluding tert-OH is 1. The predicted octanol–water partition coefficient (Wildman–Crippen LogP) is 4.89. The van der Waals surface area contributed by atoms with E-state index < -0.39 is 23.3 Å². The Morgan fingerprint density at radius 1 is 0.933 bits per heavy atom. The van der Waals surface area contributed by atoms with Gasteiger partial charge in [0, 0.05) is 5.92 Å². The number of carbonyl (C=O) groups is 1. The molecule has 1 amide bonds. The summed E-state index contributed by atoms with van der Waals surface area (Å²) in [6.45, 7) is 9.65. The van der Waals surface area contributed by atoms with Crippen LogP contribution in [0.5, 0.6) is 0 Å². The van der Waals surface area contributed by atoms with Gasteiger partial charge in [-0.25, -0.2) is 4.79 Å². The number of hydrogen-bond donors (Lipinski definition) is 2. The van der Waals surface area contributed by atoms with E-state index in [9.17, 15) is 9.90 Å². The topological polar surface area (TPSA) is 67.8 Å². The molecule has 0 aliphatic rings. The van der Waals surface area contributed by atoms with Gasteiger partial charge in [-0.3, -0.25) is 0 Å². The van der Waals surface area contributed by atoms with E-state index in [0.717, 1.165) is 11.1 Å². The van der Waals surface area contributed by atoms with E-state index in [1.807, 2.05) is 71.0 Å². The highest BCUT2D eigenvalue weighted by Gasteiger charge is 2.25. The standard InChI is InChI=1S/C25H35NO4/c1-24(2,3)30-23(28)26-25(4,5)18-29-17-21(27)16-22(19-12-8-6-9-13-19)20-14-10-7-11-15-20/h6-15,21-22,27H,16-18H2,1-5H3,(H,26,28). The fourth-order valence-corrected chi connectivity index (χ4v) is 3.24. The van der Waals surface area contributed by atoms with Crippen molar-refractivity contribution in [1.29, 1.82) is 0 Å². The maximum absolute atomic E-state index is 12.0. The average molecular weight is 414 g/mol. The number of hydrogen-bond acceptors (Lipinski definition) is 4. The molecule has 1 atom stereocenters. The van der Waals surface area contributed by atoms with Crippen molar-refractivity contribution in [2.45, 2.75) is 64.2 Å². The fourth-order valence-electron chi connectivity index (χ4n) is 3.24. The van der Waals surface area contributed by atoms with Crippen molar-refractivity contribution in [3.63, 3.8) is 0 Å². The molecule has 5 heteroatoms. The van der Waals surface area contributed by atoms with Crippen LogP contribution in [0.1, 0.15) is 58.1 Å². The summed E-state index contributed by atoms with van der Waals surface area (Å²) in [5, 5.41) is 13.4. The van der Waals surface area contributed by atoms with Gasteiger partial charge in [0.2, 0.25) is 0 Å². The molecule has 164 valence electrons. The Kier molecular flexibility index (Phi) is 8.44. The Hall–Kier alpha value is -2.37. The molecule has 5 nitrogen and oxygen atoms in total. The molecule has 2 aromatic carbocycles. The predicted molar refractivity (Wildman–Crippen MR) is 120 cm³/mol. The Labute approximate surface area is 180 Å². The lowest BCUT2D eigenvalue weighted by molar-refractivity contribution is 0.00327. The number of benzene rings is 2. The summed E-state index contributed by atoms with van der Waals surface area (Å²) in [4.78, 5) is 12.0. The Bertz CT molecular complexity index is 729. The first-order valence-corrected chi connectivity index (χ1v) is 10.4. The minimum atomic E-state index is -0.632. The minimum absolute atomic E-state index is 0.0823. The quantitative estimate of drug-likeness (QED) is 0.614. The van der Waals surface area contributed by atoms with Crippen molar-refractivity contribution >= 4 is 6.09 Å². The number of alkyl carbamates (subject to hydrolysis) is 1. The zero-order valence-electron chi connectivity index (χ0n) is 18.7. The average Bonchev–Trinajstić information content (AvgIpc) is 2.65. The summed E-state index contributed by atoms with van der Waals surface area (Å²) in [5.74, 6) is 0.0823. The second-order valence-corrected chi connectivity index (χ2v) is 9.29. The van der Waals surface area contributed by atoms with E-state index in [1.165, 1.54) is 0 Å². The van der Waals surface area contributed by atoms with Crippen molar-refractivity contribution in [3.05, 3.63) is 71.8 Å². The molecule has 0 saturated carbocycles. The Balaban J connectivity index is 1.90. The molecule has 2 N–H and O–H groups in total. The third-order valence-electron chi connectivity index (χ3n) is 4.52. The summed E-state index contributed by atoms with van der Waals surface area (Å²) in [5.41, 5.74) is 1.16. The first-order chi connectivity index (χ1) is 14.1. The van der Waals surface area contributed by atoms with Gasteiger partial charge in [-0.2, -0.15) is 0 Å². The fraction of sp³-hybridized carbons (Fsp3) is 0.480. The molecule has 0 aliphatic heterocycles. The minimum Gasteiger partial charge on any atom is -0.444 e. The van der Waals surface area contributed by atoms with E-state index >= 15 is 0 Å². The molecule has 0 saturated heterocycles. The highest BCUT2D eigenvalue weighted by Crippen LogP contribution is 2.29. The van der Waals surface area contributed by atoms with Crippen LogP contribution < -0.4 is 5.32 Å². The van der Waals surface area contributed by atoms with Crippen LogP contribution in [0.25, 0.3) is 0 Å². The van der Waals surface area contributed by atoms with Crippen LogP contribution in [-0.2, 0) is 9.47 Å². The first kappa shape index (κ1) is 23.9. The smallest absolute Gasteiger partial charge is 0.408 e. The normalized spacial score (nSPS) is 13.2. The summed E-state index contributed by atoms with van der Waals surface area (Å²) in [6.07, 6.45) is -0.564. The number of rotatable bonds is 9. The Morgan fingerprint density at radius 3 is 1.90 bits per heavy atom. The van der Waals surface area contributed by atoms with E-state index in [1.54, 1.807) is 0 Å². The molecule has 0 aromatic heterocycles. The van der Waals surface area contributed by atoms with Crippen LogP contribution in [0, 0.1) is 0 Å². The molecule has 0 bridgehead atoms. The van der Waals surface area contributed by atoms with Crippen LogP contribution in [0.2, 0.25) is 0 Å². The molecule has 0 fully saturated rings. The van der Waals surface area contributed by atoms with Crippen molar-refractivity contribution in [1.82, 2.24) is 5.32 Å². The van der Waals surface area contributed by atoms with E-state index in [4.69, 9.17) is 9.47 Å². The largest absolute Gasteiger partial charge is 0.444 e. The maximum atomic E-state index is 12.0. The van der Waals surface area contributed by atoms with Crippen LogP contribution in [-0.4, -0.2) is 41.7 Å². The van der Waals surface area contributed by atoms with Crippen molar-refractivity contribution in [2.24, 2.45) is 0 Å². The third-order valence-corrected chi connectivity index (χ3v) is 4.52. The molecule has 0 radical (unpaired) electrons. The lowest BCUT2D eigenvalue weighted by Gasteiger charge is -2.29. The summed E-state index contributed by atoms with van der Waals surface area (Å²) in [6, 6.07) is 20.4. The summed E-state index contributed by atoms with van der Waals surface area (Å²) < 4.78 is 11.0. The van der Waals surface area contributed by atoms with Crippen LogP contribution >= 0.6 is 0 Å². The molecule has 0 heterocycles. The van der Waals surface area contributed by atoms with Gasteiger partial charge in [0.15, 0.2) is 0 Å². The maximum Gasteiger partial charge on any atom is 0.408 e. The van der Waals surface area contributed by atoms with Crippen LogP contribution in [0.15, 0.2) is 60.7 Å². The van der Waals surface area contributed by atoms with Gasteiger partial charge in [-0.15, -0.1) is 0 Å². The number of nitrogens with one attached hydrogen (secondary N) is 1. The van der Waals surface area contributed by atoms with Crippen LogP contribution in [0.3, 0.4) is 0 Å². The lowest BCUT2D eigenvalue weighted by Crippen LogP contribution is -2.49. The van der Waals surface area contributed by atoms with Crippen molar-refractivity contribution < 1.29 is 19.4 Å².